The molecule has 1 aliphatic heterocycles. The summed E-state index contributed by atoms with van der Waals surface area (Å²) in [5.41, 5.74) is 8.11. The summed E-state index contributed by atoms with van der Waals surface area (Å²) in [6.45, 7) is 3.52. The van der Waals surface area contributed by atoms with Gasteiger partial charge in [-0.2, -0.15) is 0 Å². The number of fused-ring (bicyclic) bond motifs is 3. The van der Waals surface area contributed by atoms with Gasteiger partial charge in [0.1, 0.15) is 0 Å². The van der Waals surface area contributed by atoms with E-state index in [1.807, 2.05) is 35.2 Å². The van der Waals surface area contributed by atoms with Crippen LogP contribution in [0.4, 0.5) is 0 Å². The Balaban J connectivity index is 1.52. The number of benzene rings is 3. The molecule has 3 aromatic carbocycles. The minimum Gasteiger partial charge on any atom is -0.358 e. The summed E-state index contributed by atoms with van der Waals surface area (Å²) in [7, 11) is 0. The number of carbonyl (C=O) groups is 1. The third-order valence-electron chi connectivity index (χ3n) is 5.63. The van der Waals surface area contributed by atoms with Crippen molar-refractivity contribution in [3.05, 3.63) is 95.2 Å². The van der Waals surface area contributed by atoms with Gasteiger partial charge in [-0.05, 0) is 42.3 Å². The van der Waals surface area contributed by atoms with Crippen molar-refractivity contribution in [1.29, 1.82) is 0 Å². The maximum atomic E-state index is 12.9. The van der Waals surface area contributed by atoms with Crippen LogP contribution >= 0.6 is 0 Å². The largest absolute Gasteiger partial charge is 0.358 e. The summed E-state index contributed by atoms with van der Waals surface area (Å²) in [6.07, 6.45) is 0.863. The molecule has 4 aromatic rings. The van der Waals surface area contributed by atoms with Crippen LogP contribution in [0.2, 0.25) is 0 Å². The van der Waals surface area contributed by atoms with Crippen molar-refractivity contribution < 1.29 is 4.79 Å². The molecule has 2 heterocycles. The molecule has 0 radical (unpaired) electrons. The molecule has 28 heavy (non-hydrogen) atoms. The summed E-state index contributed by atoms with van der Waals surface area (Å²) in [6, 6.07) is 24.7. The number of H-pyrrole nitrogens is 1. The van der Waals surface area contributed by atoms with Gasteiger partial charge in [0.15, 0.2) is 0 Å². The van der Waals surface area contributed by atoms with Crippen LogP contribution < -0.4 is 0 Å². The molecule has 0 atom stereocenters. The van der Waals surface area contributed by atoms with Crippen molar-refractivity contribution in [2.45, 2.75) is 19.9 Å². The monoisotopic (exact) mass is 366 g/mol. The van der Waals surface area contributed by atoms with Gasteiger partial charge in [0, 0.05) is 47.2 Å². The topological polar surface area (TPSA) is 36.1 Å². The number of aryl methyl sites for hydroxylation is 1. The molecule has 1 aliphatic rings. The van der Waals surface area contributed by atoms with Gasteiger partial charge in [0.2, 0.25) is 0 Å². The number of nitrogens with zero attached hydrogens (tertiary/aromatic N) is 1. The van der Waals surface area contributed by atoms with Crippen LogP contribution in [-0.2, 0) is 13.0 Å². The molecule has 0 saturated heterocycles. The number of nitrogens with one attached hydrogen (secondary N) is 1. The minimum absolute atomic E-state index is 0.107. The fourth-order valence-electron chi connectivity index (χ4n) is 4.16. The molecule has 1 amide bonds. The van der Waals surface area contributed by atoms with Crippen LogP contribution in [0.3, 0.4) is 0 Å². The van der Waals surface area contributed by atoms with Gasteiger partial charge in [-0.15, -0.1) is 0 Å². The highest BCUT2D eigenvalue weighted by atomic mass is 16.2. The van der Waals surface area contributed by atoms with Crippen LogP contribution in [0.1, 0.15) is 27.2 Å². The molecule has 1 aromatic heterocycles. The van der Waals surface area contributed by atoms with Crippen molar-refractivity contribution in [3.8, 4) is 11.1 Å². The fraction of sp³-hybridized carbons (Fsp3) is 0.160. The summed E-state index contributed by atoms with van der Waals surface area (Å²) in [5.74, 6) is 0.107. The van der Waals surface area contributed by atoms with Crippen LogP contribution in [0.15, 0.2) is 72.8 Å². The summed E-state index contributed by atoms with van der Waals surface area (Å²) in [5, 5.41) is 1.22. The smallest absolute Gasteiger partial charge is 0.254 e. The van der Waals surface area contributed by atoms with E-state index >= 15 is 0 Å². The number of rotatable bonds is 2. The molecule has 1 N–H and O–H groups in total. The standard InChI is InChI=1S/C25H22N2O/c1-17-6-5-9-19(14-17)20-10-11-23-21(15-20)22-16-27(13-12-24(22)26-23)25(28)18-7-3-2-4-8-18/h2-11,14-15,26H,12-13,16H2,1H3. The van der Waals surface area contributed by atoms with Gasteiger partial charge < -0.3 is 9.88 Å². The van der Waals surface area contributed by atoms with Crippen molar-refractivity contribution in [3.63, 3.8) is 0 Å². The Morgan fingerprint density at radius 3 is 2.57 bits per heavy atom. The molecule has 0 unspecified atom stereocenters. The second-order valence-corrected chi connectivity index (χ2v) is 7.55. The second kappa shape index (κ2) is 6.68. The summed E-state index contributed by atoms with van der Waals surface area (Å²) in [4.78, 5) is 18.4. The Morgan fingerprint density at radius 1 is 0.929 bits per heavy atom. The lowest BCUT2D eigenvalue weighted by atomic mass is 9.99. The van der Waals surface area contributed by atoms with Gasteiger partial charge in [-0.3, -0.25) is 4.79 Å². The van der Waals surface area contributed by atoms with Gasteiger partial charge in [-0.25, -0.2) is 0 Å². The Labute approximate surface area is 164 Å². The number of aromatic amines is 1. The zero-order valence-corrected chi connectivity index (χ0v) is 15.9. The van der Waals surface area contributed by atoms with Crippen LogP contribution in [0.25, 0.3) is 22.0 Å². The molecule has 0 saturated carbocycles. The van der Waals surface area contributed by atoms with Crippen molar-refractivity contribution in [2.24, 2.45) is 0 Å². The van der Waals surface area contributed by atoms with E-state index in [0.29, 0.717) is 6.54 Å². The first-order valence-corrected chi connectivity index (χ1v) is 9.74. The number of aromatic nitrogens is 1. The third kappa shape index (κ3) is 2.89. The highest BCUT2D eigenvalue weighted by Crippen LogP contribution is 2.32. The highest BCUT2D eigenvalue weighted by molar-refractivity contribution is 5.95. The second-order valence-electron chi connectivity index (χ2n) is 7.55. The van der Waals surface area contributed by atoms with E-state index in [1.54, 1.807) is 0 Å². The highest BCUT2D eigenvalue weighted by Gasteiger charge is 2.24. The average Bonchev–Trinajstić information content (AvgIpc) is 3.11. The average molecular weight is 366 g/mol. The molecular weight excluding hydrogens is 344 g/mol. The van der Waals surface area contributed by atoms with E-state index in [-0.39, 0.29) is 5.91 Å². The van der Waals surface area contributed by atoms with E-state index in [4.69, 9.17) is 0 Å². The summed E-state index contributed by atoms with van der Waals surface area (Å²) >= 11 is 0. The molecule has 3 nitrogen and oxygen atoms in total. The lowest BCUT2D eigenvalue weighted by molar-refractivity contribution is 0.0735. The van der Waals surface area contributed by atoms with E-state index < -0.39 is 0 Å². The van der Waals surface area contributed by atoms with Crippen LogP contribution in [0, 0.1) is 6.92 Å². The minimum atomic E-state index is 0.107. The number of carbonyl (C=O) groups excluding carboxylic acids is 1. The van der Waals surface area contributed by atoms with E-state index in [9.17, 15) is 4.79 Å². The lowest BCUT2D eigenvalue weighted by Crippen LogP contribution is -2.35. The van der Waals surface area contributed by atoms with Gasteiger partial charge in [-0.1, -0.05) is 54.1 Å². The van der Waals surface area contributed by atoms with Crippen molar-refractivity contribution >= 4 is 16.8 Å². The fourth-order valence-corrected chi connectivity index (χ4v) is 4.16. The molecule has 3 heteroatoms. The molecule has 0 fully saturated rings. The van der Waals surface area contributed by atoms with Crippen molar-refractivity contribution in [2.75, 3.05) is 6.54 Å². The Hall–Kier alpha value is -3.33. The van der Waals surface area contributed by atoms with E-state index in [2.05, 4.69) is 54.4 Å². The van der Waals surface area contributed by atoms with Gasteiger partial charge >= 0.3 is 0 Å². The third-order valence-corrected chi connectivity index (χ3v) is 5.63. The Bertz CT molecular complexity index is 1170. The maximum Gasteiger partial charge on any atom is 0.254 e. The lowest BCUT2D eigenvalue weighted by Gasteiger charge is -2.27. The molecule has 138 valence electrons. The molecule has 0 bridgehead atoms. The zero-order valence-electron chi connectivity index (χ0n) is 15.9. The molecular formula is C25H22N2O. The van der Waals surface area contributed by atoms with Crippen LogP contribution in [0.5, 0.6) is 0 Å². The van der Waals surface area contributed by atoms with Crippen LogP contribution in [-0.4, -0.2) is 22.3 Å². The van der Waals surface area contributed by atoms with E-state index in [1.165, 1.54) is 33.3 Å². The van der Waals surface area contributed by atoms with E-state index in [0.717, 1.165) is 24.0 Å². The number of amides is 1. The number of hydrogen-bond acceptors (Lipinski definition) is 1. The predicted octanol–water partition coefficient (Wildman–Crippen LogP) is 5.34. The Kier molecular flexibility index (Phi) is 4.01. The van der Waals surface area contributed by atoms with Gasteiger partial charge in [0.25, 0.3) is 5.91 Å². The van der Waals surface area contributed by atoms with Gasteiger partial charge in [0.05, 0.1) is 0 Å². The first kappa shape index (κ1) is 16.8. The molecule has 0 spiro atoms. The first-order valence-electron chi connectivity index (χ1n) is 9.74. The predicted molar refractivity (Wildman–Crippen MR) is 113 cm³/mol. The quantitative estimate of drug-likeness (QED) is 0.511. The number of hydrogen-bond donors (Lipinski definition) is 1. The zero-order chi connectivity index (χ0) is 19.1. The SMILES string of the molecule is Cc1cccc(-c2ccc3[nH]c4c(c3c2)CN(C(=O)c2ccccc2)CC4)c1. The first-order chi connectivity index (χ1) is 13.7. The Morgan fingerprint density at radius 2 is 1.75 bits per heavy atom. The van der Waals surface area contributed by atoms with Crippen molar-refractivity contribution in [1.82, 2.24) is 9.88 Å². The molecule has 0 aliphatic carbocycles. The summed E-state index contributed by atoms with van der Waals surface area (Å²) < 4.78 is 0. The maximum absolute atomic E-state index is 12.9. The normalized spacial score (nSPS) is 13.5. The molecule has 5 rings (SSSR count).